The monoisotopic (exact) mass is 312 g/mol. The number of ether oxygens (including phenoxy) is 1. The van der Waals surface area contributed by atoms with Gasteiger partial charge < -0.3 is 9.15 Å². The molecule has 23 heavy (non-hydrogen) atoms. The first-order valence-electron chi connectivity index (χ1n) is 8.26. The Hall–Kier alpha value is -2.03. The van der Waals surface area contributed by atoms with Crippen molar-refractivity contribution in [2.45, 2.75) is 52.6 Å². The average Bonchev–Trinajstić information content (AvgIpc) is 2.97. The molecular formula is C20H24O3. The maximum absolute atomic E-state index is 12.0. The molecule has 4 bridgehead atoms. The Morgan fingerprint density at radius 2 is 2.09 bits per heavy atom. The third-order valence-electron chi connectivity index (χ3n) is 4.75. The van der Waals surface area contributed by atoms with Crippen molar-refractivity contribution in [1.29, 1.82) is 0 Å². The van der Waals surface area contributed by atoms with E-state index in [4.69, 9.17) is 9.15 Å². The Kier molecular flexibility index (Phi) is 4.29. The molecule has 0 saturated heterocycles. The Morgan fingerprint density at radius 3 is 2.83 bits per heavy atom. The third-order valence-corrected chi connectivity index (χ3v) is 4.75. The highest BCUT2D eigenvalue weighted by atomic mass is 16.5. The average molecular weight is 312 g/mol. The van der Waals surface area contributed by atoms with Gasteiger partial charge in [-0.25, -0.2) is 4.79 Å². The Morgan fingerprint density at radius 1 is 1.30 bits per heavy atom. The molecule has 1 aromatic rings. The maximum Gasteiger partial charge on any atom is 0.334 e. The minimum Gasteiger partial charge on any atom is -0.461 e. The topological polar surface area (TPSA) is 39.4 Å². The van der Waals surface area contributed by atoms with Crippen molar-refractivity contribution in [3.63, 3.8) is 0 Å². The van der Waals surface area contributed by atoms with Crippen LogP contribution >= 0.6 is 0 Å². The van der Waals surface area contributed by atoms with E-state index in [0.717, 1.165) is 47.5 Å². The zero-order valence-electron chi connectivity index (χ0n) is 14.1. The summed E-state index contributed by atoms with van der Waals surface area (Å²) in [5.41, 5.74) is 4.27. The lowest BCUT2D eigenvalue weighted by molar-refractivity contribution is -0.139. The number of hydrogen-bond acceptors (Lipinski definition) is 3. The molecule has 0 amide bonds. The molecule has 3 heteroatoms. The molecular weight excluding hydrogens is 288 g/mol. The van der Waals surface area contributed by atoms with Crippen molar-refractivity contribution < 1.29 is 13.9 Å². The largest absolute Gasteiger partial charge is 0.461 e. The van der Waals surface area contributed by atoms with Crippen LogP contribution in [0.3, 0.4) is 0 Å². The van der Waals surface area contributed by atoms with Crippen LogP contribution in [0.5, 0.6) is 0 Å². The minimum absolute atomic E-state index is 0.145. The van der Waals surface area contributed by atoms with Crippen LogP contribution in [0.2, 0.25) is 0 Å². The van der Waals surface area contributed by atoms with E-state index in [2.05, 4.69) is 26.5 Å². The Balaban J connectivity index is 1.96. The number of aryl methyl sites for hydroxylation is 1. The van der Waals surface area contributed by atoms with E-state index in [-0.39, 0.29) is 12.1 Å². The molecule has 2 aliphatic heterocycles. The van der Waals surface area contributed by atoms with Gasteiger partial charge in [0.25, 0.3) is 0 Å². The third kappa shape index (κ3) is 3.49. The van der Waals surface area contributed by atoms with Crippen molar-refractivity contribution in [2.24, 2.45) is 5.92 Å². The van der Waals surface area contributed by atoms with Crippen LogP contribution in [-0.2, 0) is 16.0 Å². The van der Waals surface area contributed by atoms with E-state index < -0.39 is 0 Å². The summed E-state index contributed by atoms with van der Waals surface area (Å²) in [6, 6.07) is 2.09. The summed E-state index contributed by atoms with van der Waals surface area (Å²) in [5, 5.41) is 0. The Bertz CT molecular complexity index is 702. The van der Waals surface area contributed by atoms with E-state index in [9.17, 15) is 4.79 Å². The van der Waals surface area contributed by atoms with Crippen LogP contribution in [0.25, 0.3) is 6.08 Å². The molecule has 0 spiro atoms. The van der Waals surface area contributed by atoms with E-state index in [0.29, 0.717) is 12.3 Å². The van der Waals surface area contributed by atoms with Crippen LogP contribution in [-0.4, -0.2) is 12.1 Å². The van der Waals surface area contributed by atoms with Gasteiger partial charge in [0.05, 0.1) is 0 Å². The van der Waals surface area contributed by atoms with Gasteiger partial charge in [0.2, 0.25) is 0 Å². The summed E-state index contributed by atoms with van der Waals surface area (Å²) in [7, 11) is 0. The fourth-order valence-electron chi connectivity index (χ4n) is 3.34. The number of carbonyl (C=O) groups is 1. The van der Waals surface area contributed by atoms with Crippen molar-refractivity contribution in [2.75, 3.05) is 0 Å². The molecule has 3 nitrogen and oxygen atoms in total. The van der Waals surface area contributed by atoms with E-state index >= 15 is 0 Å². The lowest BCUT2D eigenvalue weighted by atomic mass is 9.89. The van der Waals surface area contributed by atoms with Crippen molar-refractivity contribution in [3.8, 4) is 0 Å². The highest BCUT2D eigenvalue weighted by molar-refractivity contribution is 5.90. The maximum atomic E-state index is 12.0. The van der Waals surface area contributed by atoms with Crippen LogP contribution in [0.4, 0.5) is 0 Å². The molecule has 2 aliphatic rings. The number of rotatable bonds is 1. The van der Waals surface area contributed by atoms with Crippen LogP contribution < -0.4 is 0 Å². The van der Waals surface area contributed by atoms with Gasteiger partial charge in [-0.15, -0.1) is 0 Å². The molecule has 0 aliphatic carbocycles. The summed E-state index contributed by atoms with van der Waals surface area (Å²) in [5.74, 6) is 2.06. The first-order chi connectivity index (χ1) is 10.9. The van der Waals surface area contributed by atoms with E-state index in [1.807, 2.05) is 19.1 Å². The van der Waals surface area contributed by atoms with Crippen molar-refractivity contribution >= 4 is 12.0 Å². The molecule has 0 radical (unpaired) electrons. The zero-order valence-corrected chi connectivity index (χ0v) is 14.1. The summed E-state index contributed by atoms with van der Waals surface area (Å²) in [4.78, 5) is 12.0. The lowest BCUT2D eigenvalue weighted by Gasteiger charge is -2.16. The standard InChI is InChI=1S/C20H24O3/c1-12(2)15-5-6-16-10-18(23-20(16)21)8-13(3)7-17-9-14(4)19(11-15)22-17/h7,9-10,15,18H,1,5-6,8,11H2,2-4H3/b13-7-/t15-,18-/m1/s1. The molecule has 2 atom stereocenters. The molecule has 1 aromatic heterocycles. The van der Waals surface area contributed by atoms with Gasteiger partial charge in [-0.1, -0.05) is 17.7 Å². The van der Waals surface area contributed by atoms with Crippen molar-refractivity contribution in [1.82, 2.24) is 0 Å². The normalized spacial score (nSPS) is 27.0. The summed E-state index contributed by atoms with van der Waals surface area (Å²) in [6.07, 6.45) is 7.07. The second kappa shape index (κ2) is 6.23. The number of furan rings is 1. The van der Waals surface area contributed by atoms with Gasteiger partial charge in [0.1, 0.15) is 17.6 Å². The number of carbonyl (C=O) groups excluding carboxylic acids is 1. The highest BCUT2D eigenvalue weighted by Crippen LogP contribution is 2.31. The van der Waals surface area contributed by atoms with Gasteiger partial charge in [0.15, 0.2) is 0 Å². The predicted octanol–water partition coefficient (Wildman–Crippen LogP) is 4.76. The number of hydrogen-bond donors (Lipinski definition) is 0. The summed E-state index contributed by atoms with van der Waals surface area (Å²) >= 11 is 0. The van der Waals surface area contributed by atoms with Crippen LogP contribution in [0, 0.1) is 12.8 Å². The van der Waals surface area contributed by atoms with Gasteiger partial charge >= 0.3 is 5.97 Å². The van der Waals surface area contributed by atoms with Crippen molar-refractivity contribution in [3.05, 3.63) is 52.5 Å². The number of fused-ring (bicyclic) bond motifs is 3. The molecule has 0 N–H and O–H groups in total. The van der Waals surface area contributed by atoms with Gasteiger partial charge in [-0.3, -0.25) is 0 Å². The molecule has 122 valence electrons. The lowest BCUT2D eigenvalue weighted by Crippen LogP contribution is -2.10. The highest BCUT2D eigenvalue weighted by Gasteiger charge is 2.27. The summed E-state index contributed by atoms with van der Waals surface area (Å²) < 4.78 is 11.5. The smallest absolute Gasteiger partial charge is 0.334 e. The molecule has 0 fully saturated rings. The molecule has 3 heterocycles. The summed E-state index contributed by atoms with van der Waals surface area (Å²) in [6.45, 7) is 10.3. The van der Waals surface area contributed by atoms with E-state index in [1.165, 1.54) is 5.56 Å². The molecule has 0 aromatic carbocycles. The first-order valence-corrected chi connectivity index (χ1v) is 8.26. The second-order valence-corrected chi connectivity index (χ2v) is 6.87. The quantitative estimate of drug-likeness (QED) is 0.554. The van der Waals surface area contributed by atoms with E-state index in [1.54, 1.807) is 0 Å². The predicted molar refractivity (Wildman–Crippen MR) is 90.9 cm³/mol. The number of esters is 1. The molecule has 3 rings (SSSR count). The minimum atomic E-state index is -0.158. The Labute approximate surface area is 137 Å². The molecule has 0 unspecified atom stereocenters. The fourth-order valence-corrected chi connectivity index (χ4v) is 3.34. The SMILES string of the molecule is C=C(C)[C@@H]1CCC2=C[C@@H](C/C(C)=C\c3cc(C)c(o3)C1)OC2=O. The number of allylic oxidation sites excluding steroid dienone is 1. The first kappa shape index (κ1) is 15.9. The zero-order chi connectivity index (χ0) is 16.6. The fraction of sp³-hybridized carbons (Fsp3) is 0.450. The van der Waals surface area contributed by atoms with Gasteiger partial charge in [0, 0.05) is 18.4 Å². The second-order valence-electron chi connectivity index (χ2n) is 6.87. The molecule has 0 saturated carbocycles. The van der Waals surface area contributed by atoms with Crippen LogP contribution in [0.1, 0.15) is 50.2 Å². The van der Waals surface area contributed by atoms with Crippen LogP contribution in [0.15, 0.2) is 39.9 Å². The van der Waals surface area contributed by atoms with Gasteiger partial charge in [-0.05, 0) is 63.3 Å². The van der Waals surface area contributed by atoms with Gasteiger partial charge in [-0.2, -0.15) is 0 Å².